The summed E-state index contributed by atoms with van der Waals surface area (Å²) in [6, 6.07) is 5.21. The first-order valence-electron chi connectivity index (χ1n) is 8.11. The zero-order valence-electron chi connectivity index (χ0n) is 12.8. The predicted molar refractivity (Wildman–Crippen MR) is 88.6 cm³/mol. The van der Waals surface area contributed by atoms with E-state index >= 15 is 0 Å². The third-order valence-corrected chi connectivity index (χ3v) is 5.39. The molecule has 0 amide bonds. The van der Waals surface area contributed by atoms with Crippen LogP contribution in [0, 0.1) is 0 Å². The van der Waals surface area contributed by atoms with Crippen molar-refractivity contribution in [3.63, 3.8) is 0 Å². The third kappa shape index (κ3) is 3.74. The Labute approximate surface area is 131 Å². The maximum Gasteiger partial charge on any atom is 0.131 e. The van der Waals surface area contributed by atoms with Crippen molar-refractivity contribution < 1.29 is 0 Å². The highest BCUT2D eigenvalue weighted by molar-refractivity contribution is 7.10. The van der Waals surface area contributed by atoms with Gasteiger partial charge in [0.25, 0.3) is 0 Å². The first-order chi connectivity index (χ1) is 10.3. The van der Waals surface area contributed by atoms with E-state index in [1.54, 1.807) is 0 Å². The van der Waals surface area contributed by atoms with Crippen LogP contribution in [0.4, 0.5) is 0 Å². The van der Waals surface area contributed by atoms with E-state index in [4.69, 9.17) is 0 Å². The van der Waals surface area contributed by atoms with Gasteiger partial charge in [0.05, 0.1) is 0 Å². The number of hydrogen-bond donors (Lipinski definition) is 1. The molecular weight excluding hydrogens is 278 g/mol. The molecule has 0 bridgehead atoms. The summed E-state index contributed by atoms with van der Waals surface area (Å²) in [5, 5.41) is 6.05. The van der Waals surface area contributed by atoms with Gasteiger partial charge in [-0.1, -0.05) is 38.2 Å². The quantitative estimate of drug-likeness (QED) is 0.914. The molecule has 2 heterocycles. The largest absolute Gasteiger partial charge is 0.336 e. The van der Waals surface area contributed by atoms with Gasteiger partial charge in [0.15, 0.2) is 0 Å². The van der Waals surface area contributed by atoms with Crippen LogP contribution in [0.1, 0.15) is 61.7 Å². The smallest absolute Gasteiger partial charge is 0.131 e. The van der Waals surface area contributed by atoms with Crippen molar-refractivity contribution in [3.8, 4) is 0 Å². The van der Waals surface area contributed by atoms with Crippen LogP contribution in [0.15, 0.2) is 29.9 Å². The van der Waals surface area contributed by atoms with E-state index in [0.717, 1.165) is 5.82 Å². The van der Waals surface area contributed by atoms with Gasteiger partial charge in [0.1, 0.15) is 11.9 Å². The highest BCUT2D eigenvalue weighted by Gasteiger charge is 2.23. The van der Waals surface area contributed by atoms with Crippen molar-refractivity contribution in [3.05, 3.63) is 40.6 Å². The molecule has 0 spiro atoms. The number of hydrogen-bond acceptors (Lipinski definition) is 3. The number of imidazole rings is 1. The van der Waals surface area contributed by atoms with Crippen molar-refractivity contribution in [2.24, 2.45) is 7.05 Å². The predicted octanol–water partition coefficient (Wildman–Crippen LogP) is 4.27. The van der Waals surface area contributed by atoms with Crippen molar-refractivity contribution in [2.45, 2.75) is 57.0 Å². The van der Waals surface area contributed by atoms with E-state index in [-0.39, 0.29) is 6.04 Å². The molecule has 3 nitrogen and oxygen atoms in total. The summed E-state index contributed by atoms with van der Waals surface area (Å²) in [5.41, 5.74) is 0. The van der Waals surface area contributed by atoms with Gasteiger partial charge >= 0.3 is 0 Å². The molecule has 1 atom stereocenters. The molecule has 114 valence electrons. The van der Waals surface area contributed by atoms with E-state index in [2.05, 4.69) is 39.4 Å². The number of nitrogens with one attached hydrogen (secondary N) is 1. The molecule has 1 fully saturated rings. The summed E-state index contributed by atoms with van der Waals surface area (Å²) in [5.74, 6) is 1.12. The fourth-order valence-electron chi connectivity index (χ4n) is 3.25. The number of thiophene rings is 1. The van der Waals surface area contributed by atoms with E-state index < -0.39 is 0 Å². The molecule has 1 saturated carbocycles. The minimum atomic E-state index is 0.231. The Bertz CT molecular complexity index is 524. The maximum absolute atomic E-state index is 4.59. The van der Waals surface area contributed by atoms with Crippen molar-refractivity contribution >= 4 is 11.3 Å². The molecule has 0 aromatic carbocycles. The normalized spacial score (nSPS) is 19.1. The van der Waals surface area contributed by atoms with Gasteiger partial charge in [0, 0.05) is 30.4 Å². The molecule has 2 aromatic rings. The van der Waals surface area contributed by atoms with Crippen LogP contribution in [0.3, 0.4) is 0 Å². The second-order valence-electron chi connectivity index (χ2n) is 6.05. The lowest BCUT2D eigenvalue weighted by Crippen LogP contribution is -2.35. The average molecular weight is 303 g/mol. The fraction of sp³-hybridized carbons (Fsp3) is 0.588. The number of aromatic nitrogens is 2. The van der Waals surface area contributed by atoms with Gasteiger partial charge in [-0.05, 0) is 24.3 Å². The first-order valence-corrected chi connectivity index (χ1v) is 8.99. The zero-order valence-corrected chi connectivity index (χ0v) is 13.6. The van der Waals surface area contributed by atoms with Crippen molar-refractivity contribution in [1.82, 2.24) is 14.9 Å². The highest BCUT2D eigenvalue weighted by Crippen LogP contribution is 2.27. The number of rotatable bonds is 4. The maximum atomic E-state index is 4.59. The summed E-state index contributed by atoms with van der Waals surface area (Å²) in [7, 11) is 2.09. The first kappa shape index (κ1) is 14.8. The van der Waals surface area contributed by atoms with Crippen LogP contribution in [-0.2, 0) is 7.05 Å². The SMILES string of the molecule is Cn1ccnc1C(NC1CCCCCCC1)c1cccs1. The molecule has 1 aliphatic carbocycles. The molecule has 3 rings (SSSR count). The van der Waals surface area contributed by atoms with Gasteiger partial charge in [0.2, 0.25) is 0 Å². The molecule has 1 N–H and O–H groups in total. The Hall–Kier alpha value is -1.13. The lowest BCUT2D eigenvalue weighted by atomic mass is 9.96. The lowest BCUT2D eigenvalue weighted by molar-refractivity contribution is 0.365. The minimum Gasteiger partial charge on any atom is -0.336 e. The monoisotopic (exact) mass is 303 g/mol. The van der Waals surface area contributed by atoms with E-state index in [9.17, 15) is 0 Å². The van der Waals surface area contributed by atoms with E-state index in [1.807, 2.05) is 23.7 Å². The summed E-state index contributed by atoms with van der Waals surface area (Å²) in [6.45, 7) is 0. The Morgan fingerprint density at radius 3 is 2.62 bits per heavy atom. The zero-order chi connectivity index (χ0) is 14.5. The second-order valence-corrected chi connectivity index (χ2v) is 7.03. The summed E-state index contributed by atoms with van der Waals surface area (Å²) in [6.07, 6.45) is 13.4. The fourth-order valence-corrected chi connectivity index (χ4v) is 4.03. The number of aryl methyl sites for hydroxylation is 1. The average Bonchev–Trinajstić information content (AvgIpc) is 3.09. The minimum absolute atomic E-state index is 0.231. The molecule has 4 heteroatoms. The molecular formula is C17H25N3S. The van der Waals surface area contributed by atoms with E-state index in [1.165, 1.54) is 49.8 Å². The third-order valence-electron chi connectivity index (χ3n) is 4.45. The topological polar surface area (TPSA) is 29.9 Å². The Morgan fingerprint density at radius 2 is 2.00 bits per heavy atom. The van der Waals surface area contributed by atoms with Crippen LogP contribution in [0.2, 0.25) is 0 Å². The van der Waals surface area contributed by atoms with Crippen LogP contribution in [0.25, 0.3) is 0 Å². The molecule has 0 radical (unpaired) electrons. The molecule has 21 heavy (non-hydrogen) atoms. The van der Waals surface area contributed by atoms with Crippen LogP contribution in [0.5, 0.6) is 0 Å². The Morgan fingerprint density at radius 1 is 1.24 bits per heavy atom. The molecule has 1 aliphatic rings. The summed E-state index contributed by atoms with van der Waals surface area (Å²) in [4.78, 5) is 5.95. The summed E-state index contributed by atoms with van der Waals surface area (Å²) < 4.78 is 2.14. The van der Waals surface area contributed by atoms with Crippen LogP contribution < -0.4 is 5.32 Å². The Balaban J connectivity index is 1.77. The van der Waals surface area contributed by atoms with Gasteiger partial charge in [-0.2, -0.15) is 0 Å². The van der Waals surface area contributed by atoms with Gasteiger partial charge in [-0.3, -0.25) is 0 Å². The van der Waals surface area contributed by atoms with Crippen LogP contribution >= 0.6 is 11.3 Å². The van der Waals surface area contributed by atoms with Crippen molar-refractivity contribution in [1.29, 1.82) is 0 Å². The molecule has 0 saturated heterocycles. The van der Waals surface area contributed by atoms with Gasteiger partial charge < -0.3 is 9.88 Å². The molecule has 0 aliphatic heterocycles. The molecule has 2 aromatic heterocycles. The Kier molecular flexibility index (Phi) is 5.09. The lowest BCUT2D eigenvalue weighted by Gasteiger charge is -2.26. The second kappa shape index (κ2) is 7.23. The highest BCUT2D eigenvalue weighted by atomic mass is 32.1. The standard InChI is InChI=1S/C17H25N3S/c1-20-12-11-18-17(20)16(15-10-7-13-21-15)19-14-8-5-3-2-4-6-9-14/h7,10-14,16,19H,2-6,8-9H2,1H3. The number of nitrogens with zero attached hydrogens (tertiary/aromatic N) is 2. The van der Waals surface area contributed by atoms with Gasteiger partial charge in [-0.25, -0.2) is 4.98 Å². The van der Waals surface area contributed by atoms with Gasteiger partial charge in [-0.15, -0.1) is 11.3 Å². The summed E-state index contributed by atoms with van der Waals surface area (Å²) >= 11 is 1.82. The van der Waals surface area contributed by atoms with Crippen molar-refractivity contribution in [2.75, 3.05) is 0 Å². The molecule has 1 unspecified atom stereocenters. The van der Waals surface area contributed by atoms with Crippen LogP contribution in [-0.4, -0.2) is 15.6 Å². The van der Waals surface area contributed by atoms with E-state index in [0.29, 0.717) is 6.04 Å².